The van der Waals surface area contributed by atoms with Gasteiger partial charge in [-0.1, -0.05) is 48.0 Å². The first-order valence-electron chi connectivity index (χ1n) is 6.20. The predicted molar refractivity (Wildman–Crippen MR) is 75.5 cm³/mol. The van der Waals surface area contributed by atoms with E-state index in [-0.39, 0.29) is 5.41 Å². The molecule has 0 aromatic carbocycles. The smallest absolute Gasteiger partial charge is 0.116 e. The molecule has 0 saturated carbocycles. The van der Waals surface area contributed by atoms with E-state index in [2.05, 4.69) is 57.6 Å². The Hall–Kier alpha value is -0.570. The highest BCUT2D eigenvalue weighted by Crippen LogP contribution is 2.30. The zero-order valence-electron chi connectivity index (χ0n) is 11.9. The van der Waals surface area contributed by atoms with Gasteiger partial charge in [0, 0.05) is 11.2 Å². The van der Waals surface area contributed by atoms with Gasteiger partial charge in [-0.05, 0) is 11.5 Å². The number of thioether (sulfide) groups is 1. The van der Waals surface area contributed by atoms with Gasteiger partial charge in [-0.2, -0.15) is 0 Å². The fraction of sp³-hybridized carbons (Fsp3) is 0.714. The molecule has 0 amide bonds. The molecule has 17 heavy (non-hydrogen) atoms. The van der Waals surface area contributed by atoms with Crippen LogP contribution in [0.4, 0.5) is 0 Å². The van der Waals surface area contributed by atoms with Crippen molar-refractivity contribution in [1.29, 1.82) is 0 Å². The molecule has 0 fully saturated rings. The summed E-state index contributed by atoms with van der Waals surface area (Å²) in [6, 6.07) is 2.12. The third kappa shape index (κ3) is 4.66. The van der Waals surface area contributed by atoms with Gasteiger partial charge in [-0.25, -0.2) is 9.97 Å². The van der Waals surface area contributed by atoms with Crippen LogP contribution in [0.5, 0.6) is 0 Å². The molecule has 0 radical (unpaired) electrons. The van der Waals surface area contributed by atoms with Crippen molar-refractivity contribution in [1.82, 2.24) is 9.97 Å². The highest BCUT2D eigenvalue weighted by Gasteiger charge is 2.18. The van der Waals surface area contributed by atoms with E-state index in [1.807, 2.05) is 11.8 Å². The zero-order chi connectivity index (χ0) is 13.1. The third-order valence-corrected chi connectivity index (χ3v) is 4.42. The van der Waals surface area contributed by atoms with E-state index in [1.54, 1.807) is 6.33 Å². The summed E-state index contributed by atoms with van der Waals surface area (Å²) in [5.74, 6) is 1.10. The average Bonchev–Trinajstić information content (AvgIpc) is 2.26. The number of rotatable bonds is 4. The normalized spacial score (nSPS) is 12.8. The third-order valence-electron chi connectivity index (χ3n) is 2.98. The monoisotopic (exact) mass is 252 g/mol. The van der Waals surface area contributed by atoms with Gasteiger partial charge >= 0.3 is 0 Å². The zero-order valence-corrected chi connectivity index (χ0v) is 12.7. The number of aromatic nitrogens is 2. The lowest BCUT2D eigenvalue weighted by molar-refractivity contribution is 0.407. The summed E-state index contributed by atoms with van der Waals surface area (Å²) in [6.45, 7) is 13.4. The average molecular weight is 252 g/mol. The summed E-state index contributed by atoms with van der Waals surface area (Å²) in [4.78, 5) is 8.69. The van der Waals surface area contributed by atoms with Crippen molar-refractivity contribution in [2.45, 2.75) is 58.4 Å². The summed E-state index contributed by atoms with van der Waals surface area (Å²) in [7, 11) is 0. The van der Waals surface area contributed by atoms with Crippen LogP contribution in [0.15, 0.2) is 17.4 Å². The van der Waals surface area contributed by atoms with Gasteiger partial charge in [0.25, 0.3) is 0 Å². The molecule has 1 rings (SSSR count). The second-order valence-electron chi connectivity index (χ2n) is 6.30. The van der Waals surface area contributed by atoms with E-state index >= 15 is 0 Å². The fourth-order valence-electron chi connectivity index (χ4n) is 1.20. The van der Waals surface area contributed by atoms with Crippen LogP contribution in [-0.4, -0.2) is 15.7 Å². The van der Waals surface area contributed by atoms with Gasteiger partial charge in [-0.15, -0.1) is 11.8 Å². The topological polar surface area (TPSA) is 25.8 Å². The minimum Gasteiger partial charge on any atom is -0.241 e. The Morgan fingerprint density at radius 2 is 1.76 bits per heavy atom. The molecule has 2 nitrogen and oxygen atoms in total. The molecule has 0 atom stereocenters. The maximum absolute atomic E-state index is 4.35. The second kappa shape index (κ2) is 5.38. The minimum atomic E-state index is 0.0958. The number of hydrogen-bond acceptors (Lipinski definition) is 3. The summed E-state index contributed by atoms with van der Waals surface area (Å²) < 4.78 is 0. The first-order valence-corrected chi connectivity index (χ1v) is 7.18. The van der Waals surface area contributed by atoms with Crippen molar-refractivity contribution in [2.24, 2.45) is 5.41 Å². The molecule has 0 N–H and O–H groups in total. The molecular formula is C14H24N2S. The van der Waals surface area contributed by atoms with Gasteiger partial charge in [0.2, 0.25) is 0 Å². The van der Waals surface area contributed by atoms with E-state index in [4.69, 9.17) is 0 Å². The molecule has 96 valence electrons. The van der Waals surface area contributed by atoms with Crippen molar-refractivity contribution in [3.63, 3.8) is 0 Å². The minimum absolute atomic E-state index is 0.0958. The quantitative estimate of drug-likeness (QED) is 0.590. The Morgan fingerprint density at radius 3 is 2.29 bits per heavy atom. The maximum Gasteiger partial charge on any atom is 0.116 e. The predicted octanol–water partition coefficient (Wildman–Crippen LogP) is 4.30. The van der Waals surface area contributed by atoms with E-state index in [0.717, 1.165) is 16.5 Å². The van der Waals surface area contributed by atoms with Crippen LogP contribution in [0.1, 0.15) is 53.7 Å². The molecule has 0 spiro atoms. The molecule has 0 unspecified atom stereocenters. The standard InChI is InChI=1S/C14H24N2S/c1-7-14(5,6)9-17-12-8-11(13(2,3)4)15-10-16-12/h8,10H,7,9H2,1-6H3. The van der Waals surface area contributed by atoms with Gasteiger partial charge in [-0.3, -0.25) is 0 Å². The Bertz CT molecular complexity index is 367. The summed E-state index contributed by atoms with van der Waals surface area (Å²) >= 11 is 1.83. The van der Waals surface area contributed by atoms with E-state index in [0.29, 0.717) is 5.41 Å². The SMILES string of the molecule is CCC(C)(C)CSc1cc(C(C)(C)C)ncn1. The molecule has 0 aliphatic rings. The highest BCUT2D eigenvalue weighted by atomic mass is 32.2. The van der Waals surface area contributed by atoms with E-state index in [1.165, 1.54) is 6.42 Å². The maximum atomic E-state index is 4.35. The van der Waals surface area contributed by atoms with Crippen molar-refractivity contribution >= 4 is 11.8 Å². The Morgan fingerprint density at radius 1 is 1.12 bits per heavy atom. The van der Waals surface area contributed by atoms with Crippen LogP contribution in [0, 0.1) is 5.41 Å². The molecule has 1 aromatic rings. The molecular weight excluding hydrogens is 228 g/mol. The first kappa shape index (κ1) is 14.5. The van der Waals surface area contributed by atoms with Crippen molar-refractivity contribution in [3.8, 4) is 0 Å². The van der Waals surface area contributed by atoms with Gasteiger partial charge in [0.15, 0.2) is 0 Å². The van der Waals surface area contributed by atoms with Gasteiger partial charge in [0.05, 0.1) is 10.7 Å². The summed E-state index contributed by atoms with van der Waals surface area (Å²) in [6.07, 6.45) is 2.87. The van der Waals surface area contributed by atoms with Crippen LogP contribution >= 0.6 is 11.8 Å². The largest absolute Gasteiger partial charge is 0.241 e. The lowest BCUT2D eigenvalue weighted by atomic mass is 9.92. The lowest BCUT2D eigenvalue weighted by Gasteiger charge is -2.22. The summed E-state index contributed by atoms with van der Waals surface area (Å²) in [5, 5.41) is 1.09. The Balaban J connectivity index is 2.74. The summed E-state index contributed by atoms with van der Waals surface area (Å²) in [5.41, 5.74) is 1.58. The van der Waals surface area contributed by atoms with Crippen LogP contribution in [0.3, 0.4) is 0 Å². The Labute approximate surface area is 110 Å². The first-order chi connectivity index (χ1) is 7.74. The molecule has 0 aliphatic heterocycles. The lowest BCUT2D eigenvalue weighted by Crippen LogP contribution is -2.15. The van der Waals surface area contributed by atoms with Gasteiger partial charge < -0.3 is 0 Å². The second-order valence-corrected chi connectivity index (χ2v) is 7.29. The fourth-order valence-corrected chi connectivity index (χ4v) is 2.26. The van der Waals surface area contributed by atoms with E-state index in [9.17, 15) is 0 Å². The molecule has 3 heteroatoms. The number of hydrogen-bond donors (Lipinski definition) is 0. The van der Waals surface area contributed by atoms with Crippen molar-refractivity contribution in [2.75, 3.05) is 5.75 Å². The Kier molecular flexibility index (Phi) is 4.59. The molecule has 0 aliphatic carbocycles. The molecule has 1 aromatic heterocycles. The van der Waals surface area contributed by atoms with Crippen LogP contribution < -0.4 is 0 Å². The van der Waals surface area contributed by atoms with Crippen LogP contribution in [-0.2, 0) is 5.41 Å². The van der Waals surface area contributed by atoms with Crippen molar-refractivity contribution in [3.05, 3.63) is 18.1 Å². The highest BCUT2D eigenvalue weighted by molar-refractivity contribution is 7.99. The van der Waals surface area contributed by atoms with Crippen LogP contribution in [0.25, 0.3) is 0 Å². The molecule has 0 bridgehead atoms. The van der Waals surface area contributed by atoms with Gasteiger partial charge in [0.1, 0.15) is 6.33 Å². The van der Waals surface area contributed by atoms with Crippen molar-refractivity contribution < 1.29 is 0 Å². The number of nitrogens with zero attached hydrogens (tertiary/aromatic N) is 2. The molecule has 0 saturated heterocycles. The van der Waals surface area contributed by atoms with Crippen LogP contribution in [0.2, 0.25) is 0 Å². The molecule has 1 heterocycles. The van der Waals surface area contributed by atoms with E-state index < -0.39 is 0 Å².